The lowest BCUT2D eigenvalue weighted by Gasteiger charge is -2.20. The lowest BCUT2D eigenvalue weighted by molar-refractivity contribution is 0.360. The average Bonchev–Trinajstić information content (AvgIpc) is 2.88. The van der Waals surface area contributed by atoms with Crippen LogP contribution in [-0.4, -0.2) is 23.2 Å². The van der Waals surface area contributed by atoms with Crippen molar-refractivity contribution in [3.63, 3.8) is 0 Å². The number of halogens is 2. The molecule has 1 saturated heterocycles. The van der Waals surface area contributed by atoms with Crippen LogP contribution in [0.3, 0.4) is 0 Å². The van der Waals surface area contributed by atoms with Crippen molar-refractivity contribution in [1.82, 2.24) is 15.5 Å². The first kappa shape index (κ1) is 13.9. The van der Waals surface area contributed by atoms with Crippen LogP contribution < -0.4 is 5.32 Å². The first-order chi connectivity index (χ1) is 9.74. The molecule has 0 spiro atoms. The molecular weight excluding hydrogens is 297 g/mol. The summed E-state index contributed by atoms with van der Waals surface area (Å²) in [6, 6.07) is 5.31. The third-order valence-electron chi connectivity index (χ3n) is 3.51. The summed E-state index contributed by atoms with van der Waals surface area (Å²) >= 11 is 12.3. The summed E-state index contributed by atoms with van der Waals surface area (Å²) in [5, 5.41) is 8.46. The lowest BCUT2D eigenvalue weighted by atomic mass is 9.96. The van der Waals surface area contributed by atoms with Gasteiger partial charge < -0.3 is 9.84 Å². The van der Waals surface area contributed by atoms with Gasteiger partial charge in [-0.25, -0.2) is 0 Å². The fraction of sp³-hybridized carbons (Fsp3) is 0.429. The topological polar surface area (TPSA) is 51.0 Å². The number of nitrogens with one attached hydrogen (secondary N) is 1. The van der Waals surface area contributed by atoms with Crippen LogP contribution in [0.2, 0.25) is 10.0 Å². The van der Waals surface area contributed by atoms with Crippen LogP contribution in [0.1, 0.15) is 18.7 Å². The molecule has 106 valence electrons. The quantitative estimate of drug-likeness (QED) is 0.941. The zero-order valence-corrected chi connectivity index (χ0v) is 12.4. The number of hydrogen-bond donors (Lipinski definition) is 1. The molecule has 0 radical (unpaired) electrons. The van der Waals surface area contributed by atoms with Gasteiger partial charge in [-0.1, -0.05) is 34.4 Å². The molecule has 1 N–H and O–H groups in total. The number of piperidine rings is 1. The Hall–Kier alpha value is -1.10. The van der Waals surface area contributed by atoms with E-state index in [2.05, 4.69) is 15.5 Å². The maximum Gasteiger partial charge on any atom is 0.260 e. The molecule has 1 aromatic heterocycles. The fourth-order valence-corrected chi connectivity index (χ4v) is 3.06. The molecular formula is C14H15Cl2N3O. The number of rotatable bonds is 3. The van der Waals surface area contributed by atoms with Crippen molar-refractivity contribution >= 4 is 23.2 Å². The molecule has 6 heteroatoms. The molecule has 20 heavy (non-hydrogen) atoms. The molecule has 0 bridgehead atoms. The normalized spacial score (nSPS) is 19.2. The minimum atomic E-state index is 0.388. The van der Waals surface area contributed by atoms with E-state index in [1.54, 1.807) is 18.2 Å². The first-order valence-corrected chi connectivity index (χ1v) is 7.47. The van der Waals surface area contributed by atoms with Crippen molar-refractivity contribution in [3.05, 3.63) is 34.1 Å². The van der Waals surface area contributed by atoms with Crippen molar-refractivity contribution in [3.8, 4) is 11.5 Å². The predicted octanol–water partition coefficient (Wildman–Crippen LogP) is 3.59. The van der Waals surface area contributed by atoms with Gasteiger partial charge >= 0.3 is 0 Å². The Kier molecular flexibility index (Phi) is 4.24. The summed E-state index contributed by atoms with van der Waals surface area (Å²) < 4.78 is 5.30. The Bertz CT molecular complexity index is 574. The van der Waals surface area contributed by atoms with Gasteiger partial charge in [0.25, 0.3) is 5.89 Å². The molecule has 1 aromatic carbocycles. The molecule has 0 aliphatic carbocycles. The van der Waals surface area contributed by atoms with Gasteiger partial charge in [0.2, 0.25) is 0 Å². The number of nitrogens with zero attached hydrogens (tertiary/aromatic N) is 2. The van der Waals surface area contributed by atoms with Crippen LogP contribution >= 0.6 is 23.2 Å². The second-order valence-corrected chi connectivity index (χ2v) is 5.84. The maximum absolute atomic E-state index is 6.14. The molecule has 2 heterocycles. The highest BCUT2D eigenvalue weighted by Crippen LogP contribution is 2.33. The van der Waals surface area contributed by atoms with E-state index < -0.39 is 0 Å². The number of hydrogen-bond acceptors (Lipinski definition) is 4. The number of aromatic nitrogens is 2. The van der Waals surface area contributed by atoms with E-state index in [-0.39, 0.29) is 0 Å². The summed E-state index contributed by atoms with van der Waals surface area (Å²) in [7, 11) is 0. The first-order valence-electron chi connectivity index (χ1n) is 6.71. The van der Waals surface area contributed by atoms with Gasteiger partial charge in [-0.2, -0.15) is 4.98 Å². The van der Waals surface area contributed by atoms with Gasteiger partial charge in [-0.3, -0.25) is 0 Å². The molecule has 2 aromatic rings. The van der Waals surface area contributed by atoms with E-state index in [0.717, 1.165) is 19.5 Å². The predicted molar refractivity (Wildman–Crippen MR) is 79.1 cm³/mol. The molecule has 1 fully saturated rings. The highest BCUT2D eigenvalue weighted by atomic mass is 35.5. The maximum atomic E-state index is 6.14. The van der Waals surface area contributed by atoms with Crippen molar-refractivity contribution in [2.75, 3.05) is 13.1 Å². The monoisotopic (exact) mass is 311 g/mol. The molecule has 3 rings (SSSR count). The van der Waals surface area contributed by atoms with Crippen LogP contribution in [0.4, 0.5) is 0 Å². The summed E-state index contributed by atoms with van der Waals surface area (Å²) in [6.07, 6.45) is 3.22. The van der Waals surface area contributed by atoms with Crippen LogP contribution in [-0.2, 0) is 6.42 Å². The molecule has 1 aliphatic rings. The molecule has 1 unspecified atom stereocenters. The van der Waals surface area contributed by atoms with E-state index in [9.17, 15) is 0 Å². The van der Waals surface area contributed by atoms with E-state index >= 15 is 0 Å². The third-order valence-corrected chi connectivity index (χ3v) is 4.14. The number of benzene rings is 1. The standard InChI is InChI=1S/C14H15Cl2N3O/c15-10-4-1-5-11(16)13(10)14-18-12(19-20-14)7-9-3-2-6-17-8-9/h1,4-5,9,17H,2-3,6-8H2. The second kappa shape index (κ2) is 6.12. The Morgan fingerprint density at radius 1 is 1.30 bits per heavy atom. The minimum Gasteiger partial charge on any atom is -0.334 e. The smallest absolute Gasteiger partial charge is 0.260 e. The molecule has 0 amide bonds. The molecule has 0 saturated carbocycles. The van der Waals surface area contributed by atoms with Crippen LogP contribution in [0.25, 0.3) is 11.5 Å². The summed E-state index contributed by atoms with van der Waals surface area (Å²) in [6.45, 7) is 2.11. The van der Waals surface area contributed by atoms with E-state index in [4.69, 9.17) is 27.7 Å². The van der Waals surface area contributed by atoms with Crippen molar-refractivity contribution in [1.29, 1.82) is 0 Å². The Morgan fingerprint density at radius 3 is 2.80 bits per heavy atom. The van der Waals surface area contributed by atoms with E-state index in [1.807, 2.05) is 0 Å². The van der Waals surface area contributed by atoms with Gasteiger partial charge in [0.15, 0.2) is 5.82 Å². The Morgan fingerprint density at radius 2 is 2.10 bits per heavy atom. The Balaban J connectivity index is 1.79. The van der Waals surface area contributed by atoms with Gasteiger partial charge in [0, 0.05) is 6.42 Å². The largest absolute Gasteiger partial charge is 0.334 e. The SMILES string of the molecule is Clc1cccc(Cl)c1-c1nc(CC2CCCNC2)no1. The van der Waals surface area contributed by atoms with E-state index in [1.165, 1.54) is 12.8 Å². The van der Waals surface area contributed by atoms with Crippen LogP contribution in [0, 0.1) is 5.92 Å². The van der Waals surface area contributed by atoms with Gasteiger partial charge in [0.05, 0.1) is 15.6 Å². The molecule has 1 atom stereocenters. The summed E-state index contributed by atoms with van der Waals surface area (Å²) in [5.74, 6) is 1.67. The highest BCUT2D eigenvalue weighted by molar-refractivity contribution is 6.38. The van der Waals surface area contributed by atoms with Crippen molar-refractivity contribution in [2.24, 2.45) is 5.92 Å². The third kappa shape index (κ3) is 2.97. The zero-order valence-electron chi connectivity index (χ0n) is 10.9. The van der Waals surface area contributed by atoms with Gasteiger partial charge in [-0.05, 0) is 44.0 Å². The lowest BCUT2D eigenvalue weighted by Crippen LogP contribution is -2.31. The molecule has 1 aliphatic heterocycles. The summed E-state index contributed by atoms with van der Waals surface area (Å²) in [4.78, 5) is 4.42. The zero-order chi connectivity index (χ0) is 13.9. The van der Waals surface area contributed by atoms with Crippen molar-refractivity contribution < 1.29 is 4.52 Å². The van der Waals surface area contributed by atoms with Crippen LogP contribution in [0.5, 0.6) is 0 Å². The highest BCUT2D eigenvalue weighted by Gasteiger charge is 2.19. The second-order valence-electron chi connectivity index (χ2n) is 5.03. The minimum absolute atomic E-state index is 0.388. The van der Waals surface area contributed by atoms with E-state index in [0.29, 0.717) is 33.2 Å². The molecule has 4 nitrogen and oxygen atoms in total. The average molecular weight is 312 g/mol. The fourth-order valence-electron chi connectivity index (χ4n) is 2.50. The van der Waals surface area contributed by atoms with Crippen molar-refractivity contribution in [2.45, 2.75) is 19.3 Å². The summed E-state index contributed by atoms with van der Waals surface area (Å²) in [5.41, 5.74) is 0.608. The Labute approximate surface area is 127 Å². The van der Waals surface area contributed by atoms with Gasteiger partial charge in [-0.15, -0.1) is 0 Å². The van der Waals surface area contributed by atoms with Crippen LogP contribution in [0.15, 0.2) is 22.7 Å². The van der Waals surface area contributed by atoms with Gasteiger partial charge in [0.1, 0.15) is 0 Å².